The number of aromatic nitrogens is 1. The molecule has 0 spiro atoms. The number of amides is 5. The van der Waals surface area contributed by atoms with E-state index in [1.165, 1.54) is 16.2 Å². The van der Waals surface area contributed by atoms with E-state index in [1.54, 1.807) is 45.5 Å². The van der Waals surface area contributed by atoms with Crippen molar-refractivity contribution in [2.24, 2.45) is 11.1 Å². The monoisotopic (exact) mass is 730 g/mol. The number of aliphatic hydroxyl groups is 1. The van der Waals surface area contributed by atoms with Crippen LogP contribution in [-0.4, -0.2) is 121 Å². The molecule has 0 saturated carbocycles. The van der Waals surface area contributed by atoms with Crippen LogP contribution in [0.1, 0.15) is 50.9 Å². The number of aliphatic hydroxyl groups excluding tert-OH is 1. The Kier molecular flexibility index (Phi) is 15.6. The molecule has 1 aliphatic rings. The number of nitrogens with two attached hydrogens (primary N) is 1. The Morgan fingerprint density at radius 1 is 1.10 bits per heavy atom. The van der Waals surface area contributed by atoms with Crippen molar-refractivity contribution in [1.82, 2.24) is 36.5 Å². The summed E-state index contributed by atoms with van der Waals surface area (Å²) in [5.41, 5.74) is 8.95. The zero-order valence-corrected chi connectivity index (χ0v) is 30.5. The van der Waals surface area contributed by atoms with E-state index in [4.69, 9.17) is 10.5 Å². The second-order valence-corrected chi connectivity index (χ2v) is 14.2. The predicted molar refractivity (Wildman–Crippen MR) is 190 cm³/mol. The molecule has 1 aliphatic heterocycles. The number of nitrogens with one attached hydrogen (secondary N) is 5. The lowest BCUT2D eigenvalue weighted by Gasteiger charge is -2.35. The van der Waals surface area contributed by atoms with Gasteiger partial charge in [0.05, 0.1) is 41.9 Å². The van der Waals surface area contributed by atoms with Crippen molar-refractivity contribution in [3.63, 3.8) is 0 Å². The Morgan fingerprint density at radius 3 is 2.39 bits per heavy atom. The van der Waals surface area contributed by atoms with Crippen LogP contribution in [0.25, 0.3) is 10.4 Å². The maximum absolute atomic E-state index is 13.9. The Bertz CT molecular complexity index is 1510. The fraction of sp³-hybridized carbons (Fsp3) is 0.559. The molecule has 1 aromatic carbocycles. The smallest absolute Gasteiger partial charge is 0.246 e. The molecule has 17 heteroatoms. The molecule has 51 heavy (non-hydrogen) atoms. The Hall–Kier alpha value is -4.29. The number of β-amino-alcohol motifs (C(OH)–C–C–N with tert-alkyl or cyclic N) is 1. The number of nitrogens with zero attached hydrogens (tertiary/aromatic N) is 2. The number of carbonyl (C=O) groups is 6. The molecule has 2 aromatic rings. The minimum Gasteiger partial charge on any atom is -0.391 e. The summed E-state index contributed by atoms with van der Waals surface area (Å²) in [6.07, 6.45) is -0.486. The van der Waals surface area contributed by atoms with Crippen molar-refractivity contribution >= 4 is 47.2 Å². The molecule has 16 nitrogen and oxygen atoms in total. The fourth-order valence-electron chi connectivity index (χ4n) is 5.49. The van der Waals surface area contributed by atoms with Gasteiger partial charge in [0.15, 0.2) is 0 Å². The molecule has 2 heterocycles. The van der Waals surface area contributed by atoms with E-state index in [0.29, 0.717) is 11.8 Å². The Labute approximate surface area is 301 Å². The minimum atomic E-state index is -1.06. The lowest BCUT2D eigenvalue weighted by molar-refractivity contribution is -0.144. The molecule has 0 radical (unpaired) electrons. The van der Waals surface area contributed by atoms with E-state index < -0.39 is 59.3 Å². The van der Waals surface area contributed by atoms with Crippen LogP contribution in [0.15, 0.2) is 29.8 Å². The molecule has 280 valence electrons. The van der Waals surface area contributed by atoms with Crippen LogP contribution < -0.4 is 32.3 Å². The molecule has 0 aliphatic carbocycles. The third-order valence-corrected chi connectivity index (χ3v) is 9.22. The normalized spacial score (nSPS) is 17.6. The molecular weight excluding hydrogens is 680 g/mol. The quantitative estimate of drug-likeness (QED) is 0.0738. The number of likely N-dealkylation sites (tertiary alicyclic amines) is 1. The third-order valence-electron chi connectivity index (χ3n) is 8.24. The minimum absolute atomic E-state index is 0.00265. The molecule has 1 aromatic heterocycles. The van der Waals surface area contributed by atoms with Crippen LogP contribution in [0.5, 0.6) is 0 Å². The van der Waals surface area contributed by atoms with Crippen molar-refractivity contribution in [3.05, 3.63) is 41.0 Å². The predicted octanol–water partition coefficient (Wildman–Crippen LogP) is -0.847. The molecule has 1 fully saturated rings. The number of thiazole rings is 1. The first kappa shape index (κ1) is 41.1. The van der Waals surface area contributed by atoms with E-state index in [1.807, 2.05) is 19.1 Å². The molecule has 5 amide bonds. The van der Waals surface area contributed by atoms with Gasteiger partial charge in [0.25, 0.3) is 0 Å². The van der Waals surface area contributed by atoms with Gasteiger partial charge >= 0.3 is 0 Å². The highest BCUT2D eigenvalue weighted by Gasteiger charge is 2.44. The average molecular weight is 731 g/mol. The highest BCUT2D eigenvalue weighted by atomic mass is 32.1. The van der Waals surface area contributed by atoms with Gasteiger partial charge in [-0.3, -0.25) is 24.0 Å². The van der Waals surface area contributed by atoms with Gasteiger partial charge < -0.3 is 51.9 Å². The lowest BCUT2D eigenvalue weighted by atomic mass is 9.85. The van der Waals surface area contributed by atoms with Crippen molar-refractivity contribution < 1.29 is 38.6 Å². The maximum atomic E-state index is 13.9. The van der Waals surface area contributed by atoms with Gasteiger partial charge in [-0.05, 0) is 30.5 Å². The number of benzene rings is 1. The number of ether oxygens (including phenoxy) is 1. The van der Waals surface area contributed by atoms with Crippen LogP contribution >= 0.6 is 11.3 Å². The third kappa shape index (κ3) is 11.9. The average Bonchev–Trinajstić information content (AvgIpc) is 3.70. The van der Waals surface area contributed by atoms with Crippen LogP contribution in [0.3, 0.4) is 0 Å². The largest absolute Gasteiger partial charge is 0.391 e. The lowest BCUT2D eigenvalue weighted by Crippen LogP contribution is -2.58. The first-order chi connectivity index (χ1) is 24.2. The number of aryl methyl sites for hydroxylation is 1. The zero-order valence-electron chi connectivity index (χ0n) is 29.7. The molecule has 3 rings (SSSR count). The summed E-state index contributed by atoms with van der Waals surface area (Å²) >= 11 is 1.50. The highest BCUT2D eigenvalue weighted by Crippen LogP contribution is 2.29. The number of rotatable bonds is 18. The summed E-state index contributed by atoms with van der Waals surface area (Å²) in [6, 6.07) is 3.21. The van der Waals surface area contributed by atoms with Gasteiger partial charge in [-0.1, -0.05) is 45.0 Å². The second-order valence-electron chi connectivity index (χ2n) is 13.3. The summed E-state index contributed by atoms with van der Waals surface area (Å²) in [7, 11) is 1.60. The van der Waals surface area contributed by atoms with Crippen molar-refractivity contribution in [2.75, 3.05) is 46.4 Å². The summed E-state index contributed by atoms with van der Waals surface area (Å²) < 4.78 is 5.48. The van der Waals surface area contributed by atoms with Gasteiger partial charge in [-0.25, -0.2) is 4.98 Å². The van der Waals surface area contributed by atoms with Gasteiger partial charge in [-0.15, -0.1) is 11.3 Å². The zero-order chi connectivity index (χ0) is 37.7. The van der Waals surface area contributed by atoms with E-state index >= 15 is 0 Å². The number of carbonyl (C=O) groups excluding carboxylic acids is 6. The summed E-state index contributed by atoms with van der Waals surface area (Å²) in [5.74, 6) is -2.45. The van der Waals surface area contributed by atoms with E-state index in [9.17, 15) is 33.9 Å². The summed E-state index contributed by atoms with van der Waals surface area (Å²) in [5, 5.41) is 23.8. The maximum Gasteiger partial charge on any atom is 0.246 e. The van der Waals surface area contributed by atoms with E-state index in [2.05, 4.69) is 31.6 Å². The van der Waals surface area contributed by atoms with Gasteiger partial charge in [0.2, 0.25) is 29.5 Å². The van der Waals surface area contributed by atoms with Crippen LogP contribution in [-0.2, 0) is 33.5 Å². The van der Waals surface area contributed by atoms with Crippen LogP contribution in [0.4, 0.5) is 0 Å². The molecule has 5 atom stereocenters. The van der Waals surface area contributed by atoms with E-state index in [0.717, 1.165) is 16.1 Å². The van der Waals surface area contributed by atoms with Crippen LogP contribution in [0, 0.1) is 12.3 Å². The van der Waals surface area contributed by atoms with Gasteiger partial charge in [0, 0.05) is 32.5 Å². The van der Waals surface area contributed by atoms with Crippen molar-refractivity contribution in [2.45, 2.75) is 70.8 Å². The van der Waals surface area contributed by atoms with E-state index in [-0.39, 0.29) is 58.1 Å². The first-order valence-electron chi connectivity index (χ1n) is 16.7. The standard InChI is InChI=1S/C34H50N8O8S/c1-20-29(51-19-38-20)22-8-6-21(7-9-22)25(18-43)40-32(48)26-14-23(44)17-42(26)33(49)30(34(2,3)4)41-27(45)10-12-50-13-11-37-31(47)24(15-35)39-28(46)16-36-5/h6-9,18-19,23-26,30,36,44H,10-17,35H2,1-5H3,(H,37,47)(H,39,46)(H,40,48)(H,41,45)/t23-,24-,25-,26+,30-/m1/s1. The highest BCUT2D eigenvalue weighted by molar-refractivity contribution is 7.13. The van der Waals surface area contributed by atoms with Crippen molar-refractivity contribution in [1.29, 1.82) is 0 Å². The molecule has 0 unspecified atom stereocenters. The number of hydrogen-bond donors (Lipinski definition) is 7. The SMILES string of the molecule is CNCC(=O)N[C@H](CN)C(=O)NCCOCCC(=O)N[C@H](C(=O)N1C[C@H](O)C[C@H]1C(=O)N[C@H](C=O)c1ccc(-c2scnc2C)cc1)C(C)(C)C. The molecular formula is C34H50N8O8S. The molecule has 0 bridgehead atoms. The Morgan fingerprint density at radius 2 is 1.80 bits per heavy atom. The van der Waals surface area contributed by atoms with Crippen molar-refractivity contribution in [3.8, 4) is 10.4 Å². The number of hydrogen-bond acceptors (Lipinski definition) is 12. The number of likely N-dealkylation sites (N-methyl/N-ethyl adjacent to an activating group) is 1. The topological polar surface area (TPSA) is 234 Å². The van der Waals surface area contributed by atoms with Gasteiger partial charge in [-0.2, -0.15) is 0 Å². The van der Waals surface area contributed by atoms with Crippen LogP contribution in [0.2, 0.25) is 0 Å². The molecule has 1 saturated heterocycles. The summed E-state index contributed by atoms with van der Waals surface area (Å²) in [6.45, 7) is 7.26. The number of aldehydes is 1. The second kappa shape index (κ2) is 19.4. The summed E-state index contributed by atoms with van der Waals surface area (Å²) in [4.78, 5) is 82.9. The molecule has 8 N–H and O–H groups in total. The first-order valence-corrected chi connectivity index (χ1v) is 17.6. The fourth-order valence-corrected chi connectivity index (χ4v) is 6.31. The Balaban J connectivity index is 1.54. The van der Waals surface area contributed by atoms with Gasteiger partial charge in [0.1, 0.15) is 30.5 Å².